The molecule has 0 heterocycles. The van der Waals surface area contributed by atoms with Gasteiger partial charge in [0.15, 0.2) is 0 Å². The van der Waals surface area contributed by atoms with Gasteiger partial charge in [0.05, 0.1) is 16.9 Å². The Morgan fingerprint density at radius 1 is 1.44 bits per heavy atom. The van der Waals surface area contributed by atoms with Crippen LogP contribution in [0.25, 0.3) is 0 Å². The molecule has 0 aromatic heterocycles. The van der Waals surface area contributed by atoms with E-state index in [-0.39, 0.29) is 16.8 Å². The van der Waals surface area contributed by atoms with Crippen LogP contribution in [0.5, 0.6) is 0 Å². The molecule has 2 aliphatic rings. The molecule has 0 spiro atoms. The van der Waals surface area contributed by atoms with Crippen LogP contribution >= 0.6 is 0 Å². The molecule has 86 valence electrons. The van der Waals surface area contributed by atoms with E-state index in [1.807, 2.05) is 0 Å². The maximum Gasteiger partial charge on any atom is 0.258 e. The van der Waals surface area contributed by atoms with Crippen LogP contribution in [0, 0.1) is 39.7 Å². The van der Waals surface area contributed by atoms with Crippen molar-refractivity contribution in [3.63, 3.8) is 0 Å². The fourth-order valence-electron chi connectivity index (χ4n) is 2.66. The van der Waals surface area contributed by atoms with E-state index in [1.165, 1.54) is 6.08 Å². The summed E-state index contributed by atoms with van der Waals surface area (Å²) in [5, 5.41) is 10.9. The summed E-state index contributed by atoms with van der Waals surface area (Å²) in [6.07, 6.45) is 5.32. The van der Waals surface area contributed by atoms with Crippen molar-refractivity contribution in [3.05, 3.63) is 21.9 Å². The number of hydrogen-bond acceptors (Lipinski definition) is 3. The summed E-state index contributed by atoms with van der Waals surface area (Å²) in [4.78, 5) is 10.6. The van der Waals surface area contributed by atoms with Crippen LogP contribution in [-0.2, 0) is 0 Å². The van der Waals surface area contributed by atoms with Gasteiger partial charge in [-0.2, -0.15) is 0 Å². The van der Waals surface area contributed by atoms with Crippen molar-refractivity contribution in [1.29, 1.82) is 0 Å². The second-order valence-electron chi connectivity index (χ2n) is 4.58. The smallest absolute Gasteiger partial charge is 0.258 e. The SMILES string of the molecule is NCC1CCC2C#CC=C([N+](=O)[O-])C2CC1. The predicted molar refractivity (Wildman–Crippen MR) is 60.8 cm³/mol. The molecule has 0 bridgehead atoms. The van der Waals surface area contributed by atoms with Crippen LogP contribution in [0.3, 0.4) is 0 Å². The summed E-state index contributed by atoms with van der Waals surface area (Å²) < 4.78 is 0. The van der Waals surface area contributed by atoms with Crippen molar-refractivity contribution in [2.24, 2.45) is 23.5 Å². The van der Waals surface area contributed by atoms with Gasteiger partial charge in [-0.25, -0.2) is 0 Å². The molecule has 0 saturated heterocycles. The van der Waals surface area contributed by atoms with Gasteiger partial charge in [-0.05, 0) is 38.1 Å². The Labute approximate surface area is 95.0 Å². The fraction of sp³-hybridized carbons (Fsp3) is 0.667. The van der Waals surface area contributed by atoms with Crippen molar-refractivity contribution in [2.45, 2.75) is 25.7 Å². The molecule has 2 rings (SSSR count). The normalized spacial score (nSPS) is 32.8. The third-order valence-electron chi connectivity index (χ3n) is 3.67. The van der Waals surface area contributed by atoms with Gasteiger partial charge < -0.3 is 5.73 Å². The van der Waals surface area contributed by atoms with E-state index in [0.717, 1.165) is 25.7 Å². The fourth-order valence-corrected chi connectivity index (χ4v) is 2.66. The van der Waals surface area contributed by atoms with Crippen LogP contribution in [-0.4, -0.2) is 11.5 Å². The Kier molecular flexibility index (Phi) is 3.25. The molecular formula is C12H16N2O2. The van der Waals surface area contributed by atoms with E-state index >= 15 is 0 Å². The van der Waals surface area contributed by atoms with E-state index < -0.39 is 0 Å². The van der Waals surface area contributed by atoms with Gasteiger partial charge in [0.1, 0.15) is 0 Å². The van der Waals surface area contributed by atoms with Crippen LogP contribution in [0.4, 0.5) is 0 Å². The summed E-state index contributed by atoms with van der Waals surface area (Å²) in [7, 11) is 0. The minimum absolute atomic E-state index is 0.0211. The minimum atomic E-state index is -0.270. The van der Waals surface area contributed by atoms with Crippen LogP contribution < -0.4 is 5.73 Å². The van der Waals surface area contributed by atoms with Gasteiger partial charge in [0.2, 0.25) is 0 Å². The Balaban J connectivity index is 2.16. The highest BCUT2D eigenvalue weighted by Crippen LogP contribution is 2.37. The molecule has 0 aromatic rings. The first-order chi connectivity index (χ1) is 7.72. The number of fused-ring (bicyclic) bond motifs is 1. The van der Waals surface area contributed by atoms with Gasteiger partial charge in [0, 0.05) is 5.92 Å². The molecule has 16 heavy (non-hydrogen) atoms. The first-order valence-electron chi connectivity index (χ1n) is 5.78. The first kappa shape index (κ1) is 11.2. The summed E-state index contributed by atoms with van der Waals surface area (Å²) in [6, 6.07) is 0. The van der Waals surface area contributed by atoms with E-state index in [2.05, 4.69) is 11.8 Å². The molecule has 0 radical (unpaired) electrons. The van der Waals surface area contributed by atoms with Gasteiger partial charge in [-0.1, -0.05) is 11.8 Å². The van der Waals surface area contributed by atoms with Gasteiger partial charge >= 0.3 is 0 Å². The maximum atomic E-state index is 10.9. The van der Waals surface area contributed by atoms with Crippen LogP contribution in [0.15, 0.2) is 11.8 Å². The Morgan fingerprint density at radius 3 is 2.88 bits per heavy atom. The second-order valence-corrected chi connectivity index (χ2v) is 4.58. The molecule has 4 heteroatoms. The van der Waals surface area contributed by atoms with Crippen LogP contribution in [0.1, 0.15) is 25.7 Å². The molecule has 2 aliphatic carbocycles. The zero-order valence-electron chi connectivity index (χ0n) is 9.19. The third kappa shape index (κ3) is 2.10. The van der Waals surface area contributed by atoms with Crippen molar-refractivity contribution in [2.75, 3.05) is 6.54 Å². The lowest BCUT2D eigenvalue weighted by Crippen LogP contribution is -2.21. The zero-order valence-corrected chi connectivity index (χ0v) is 9.19. The van der Waals surface area contributed by atoms with Gasteiger partial charge in [-0.3, -0.25) is 10.1 Å². The average molecular weight is 220 g/mol. The van der Waals surface area contributed by atoms with E-state index in [9.17, 15) is 10.1 Å². The lowest BCUT2D eigenvalue weighted by Gasteiger charge is -2.19. The molecule has 0 aromatic carbocycles. The van der Waals surface area contributed by atoms with E-state index in [0.29, 0.717) is 18.2 Å². The summed E-state index contributed by atoms with van der Waals surface area (Å²) in [5.41, 5.74) is 5.98. The lowest BCUT2D eigenvalue weighted by molar-refractivity contribution is -0.435. The van der Waals surface area contributed by atoms with Gasteiger partial charge in [0.25, 0.3) is 5.70 Å². The predicted octanol–water partition coefficient (Wildman–Crippen LogP) is 1.55. The number of allylic oxidation sites excluding steroid dienone is 2. The second kappa shape index (κ2) is 4.67. The molecule has 3 unspecified atom stereocenters. The Morgan fingerprint density at radius 2 is 2.19 bits per heavy atom. The molecule has 4 nitrogen and oxygen atoms in total. The number of nitrogens with zero attached hydrogens (tertiary/aromatic N) is 1. The summed E-state index contributed by atoms with van der Waals surface area (Å²) >= 11 is 0. The number of nitro groups is 1. The molecule has 1 saturated carbocycles. The number of nitrogens with two attached hydrogens (primary N) is 1. The molecule has 3 atom stereocenters. The Bertz CT molecular complexity index is 378. The first-order valence-corrected chi connectivity index (χ1v) is 5.78. The summed E-state index contributed by atoms with van der Waals surface area (Å²) in [5.74, 6) is 6.61. The molecule has 1 fully saturated rings. The average Bonchev–Trinajstić information content (AvgIpc) is 2.50. The topological polar surface area (TPSA) is 69.2 Å². The molecule has 0 amide bonds. The molecular weight excluding hydrogens is 204 g/mol. The minimum Gasteiger partial charge on any atom is -0.330 e. The van der Waals surface area contributed by atoms with Crippen molar-refractivity contribution < 1.29 is 4.92 Å². The number of hydrogen-bond donors (Lipinski definition) is 1. The largest absolute Gasteiger partial charge is 0.330 e. The maximum absolute atomic E-state index is 10.9. The third-order valence-corrected chi connectivity index (χ3v) is 3.67. The highest BCUT2D eigenvalue weighted by atomic mass is 16.6. The van der Waals surface area contributed by atoms with E-state index in [1.54, 1.807) is 0 Å². The Hall–Kier alpha value is -1.34. The lowest BCUT2D eigenvalue weighted by atomic mass is 9.83. The van der Waals surface area contributed by atoms with E-state index in [4.69, 9.17) is 5.73 Å². The monoisotopic (exact) mass is 220 g/mol. The summed E-state index contributed by atoms with van der Waals surface area (Å²) in [6.45, 7) is 0.685. The molecule has 0 aliphatic heterocycles. The van der Waals surface area contributed by atoms with Crippen molar-refractivity contribution >= 4 is 0 Å². The molecule has 2 N–H and O–H groups in total. The highest BCUT2D eigenvalue weighted by Gasteiger charge is 2.35. The van der Waals surface area contributed by atoms with Crippen molar-refractivity contribution in [1.82, 2.24) is 0 Å². The quantitative estimate of drug-likeness (QED) is 0.436. The number of rotatable bonds is 2. The van der Waals surface area contributed by atoms with Gasteiger partial charge in [-0.15, -0.1) is 0 Å². The zero-order chi connectivity index (χ0) is 11.5. The van der Waals surface area contributed by atoms with Crippen molar-refractivity contribution in [3.8, 4) is 11.8 Å². The van der Waals surface area contributed by atoms with Crippen LogP contribution in [0.2, 0.25) is 0 Å². The standard InChI is InChI=1S/C12H16N2O2/c13-8-9-4-6-10-2-1-3-12(14(15)16)11(10)7-5-9/h3,9-11H,4-8,13H2. The highest BCUT2D eigenvalue weighted by molar-refractivity contribution is 5.28.